The lowest BCUT2D eigenvalue weighted by atomic mass is 10.0. The molecule has 2 heterocycles. The van der Waals surface area contributed by atoms with E-state index in [1.54, 1.807) is 0 Å². The number of ether oxygens (including phenoxy) is 1. The Hall–Kier alpha value is -1.35. The molecule has 1 aliphatic rings. The van der Waals surface area contributed by atoms with Gasteiger partial charge in [0.1, 0.15) is 11.8 Å². The van der Waals surface area contributed by atoms with Crippen LogP contribution in [0.1, 0.15) is 30.6 Å². The van der Waals surface area contributed by atoms with E-state index in [9.17, 15) is 0 Å². The number of nitrogens with zero attached hydrogens (tertiary/aromatic N) is 1. The average molecular weight is 218 g/mol. The van der Waals surface area contributed by atoms with Gasteiger partial charge in [0.15, 0.2) is 0 Å². The summed E-state index contributed by atoms with van der Waals surface area (Å²) < 4.78 is 5.62. The minimum atomic E-state index is 0.0960. The van der Waals surface area contributed by atoms with Crippen molar-refractivity contribution < 1.29 is 4.74 Å². The molecule has 0 amide bonds. The van der Waals surface area contributed by atoms with Crippen molar-refractivity contribution in [3.8, 4) is 0 Å². The second-order valence-corrected chi connectivity index (χ2v) is 3.87. The van der Waals surface area contributed by atoms with Crippen molar-refractivity contribution in [2.24, 2.45) is 0 Å². The Kier molecular flexibility index (Phi) is 3.57. The quantitative estimate of drug-likeness (QED) is 0.841. The lowest BCUT2D eigenvalue weighted by Crippen LogP contribution is -2.21. The fourth-order valence-electron chi connectivity index (χ4n) is 2.06. The van der Waals surface area contributed by atoms with Crippen molar-refractivity contribution in [2.45, 2.75) is 25.8 Å². The maximum absolute atomic E-state index is 5.62. The van der Waals surface area contributed by atoms with Gasteiger partial charge in [0.2, 0.25) is 0 Å². The summed E-state index contributed by atoms with van der Waals surface area (Å²) in [4.78, 5) is 4.48. The Morgan fingerprint density at radius 2 is 2.44 bits per heavy atom. The fraction of sp³-hybridized carbons (Fsp3) is 0.462. The van der Waals surface area contributed by atoms with Gasteiger partial charge in [-0.25, -0.2) is 0 Å². The molecule has 0 aromatic carbocycles. The lowest BCUT2D eigenvalue weighted by Gasteiger charge is -2.19. The number of hydrogen-bond acceptors (Lipinski definition) is 3. The first kappa shape index (κ1) is 11.1. The highest BCUT2D eigenvalue weighted by atomic mass is 16.5. The van der Waals surface area contributed by atoms with E-state index in [2.05, 4.69) is 29.4 Å². The van der Waals surface area contributed by atoms with E-state index in [0.29, 0.717) is 0 Å². The van der Waals surface area contributed by atoms with Gasteiger partial charge in [0.05, 0.1) is 12.3 Å². The van der Waals surface area contributed by atoms with E-state index in [0.717, 1.165) is 30.9 Å². The molecule has 1 aromatic rings. The second kappa shape index (κ2) is 5.12. The van der Waals surface area contributed by atoms with Crippen LogP contribution >= 0.6 is 0 Å². The highest BCUT2D eigenvalue weighted by molar-refractivity contribution is 5.28. The smallest absolute Gasteiger partial charge is 0.115 e. The molecule has 0 aliphatic carbocycles. The molecule has 0 fully saturated rings. The first-order valence-corrected chi connectivity index (χ1v) is 5.80. The summed E-state index contributed by atoms with van der Waals surface area (Å²) in [6.45, 7) is 2.94. The van der Waals surface area contributed by atoms with Crippen LogP contribution in [-0.2, 0) is 11.2 Å². The zero-order valence-corrected chi connectivity index (χ0v) is 9.86. The van der Waals surface area contributed by atoms with Gasteiger partial charge in [-0.15, -0.1) is 0 Å². The molecule has 0 spiro atoms. The molecule has 2 rings (SSSR count). The molecule has 0 bridgehead atoms. The number of pyridine rings is 1. The number of nitrogens with one attached hydrogen (secondary N) is 1. The van der Waals surface area contributed by atoms with E-state index in [1.807, 2.05) is 19.3 Å². The normalized spacial score (nSPS) is 16.8. The molecule has 1 N–H and O–H groups in total. The van der Waals surface area contributed by atoms with Gasteiger partial charge in [-0.3, -0.25) is 4.98 Å². The SMILES string of the molecule is CCc1cccnc1C(NC)C1=CCCO1. The molecule has 3 nitrogen and oxygen atoms in total. The summed E-state index contributed by atoms with van der Waals surface area (Å²) >= 11 is 0. The zero-order valence-electron chi connectivity index (χ0n) is 9.86. The summed E-state index contributed by atoms with van der Waals surface area (Å²) in [5.41, 5.74) is 2.36. The molecule has 3 heteroatoms. The van der Waals surface area contributed by atoms with Gasteiger partial charge in [0.25, 0.3) is 0 Å². The van der Waals surface area contributed by atoms with Crippen LogP contribution in [0.25, 0.3) is 0 Å². The molecular formula is C13H18N2O. The first-order valence-electron chi connectivity index (χ1n) is 5.80. The van der Waals surface area contributed by atoms with Crippen molar-refractivity contribution in [1.29, 1.82) is 0 Å². The van der Waals surface area contributed by atoms with Gasteiger partial charge in [-0.05, 0) is 31.2 Å². The maximum atomic E-state index is 5.62. The van der Waals surface area contributed by atoms with E-state index in [1.165, 1.54) is 5.56 Å². The summed E-state index contributed by atoms with van der Waals surface area (Å²) in [5, 5.41) is 3.28. The van der Waals surface area contributed by atoms with Crippen LogP contribution in [-0.4, -0.2) is 18.6 Å². The summed E-state index contributed by atoms with van der Waals surface area (Å²) in [5.74, 6) is 1.01. The molecular weight excluding hydrogens is 200 g/mol. The van der Waals surface area contributed by atoms with Crippen LogP contribution in [0.5, 0.6) is 0 Å². The predicted octanol–water partition coefficient (Wildman–Crippen LogP) is 2.21. The largest absolute Gasteiger partial charge is 0.496 e. The lowest BCUT2D eigenvalue weighted by molar-refractivity contribution is 0.216. The monoisotopic (exact) mass is 218 g/mol. The van der Waals surface area contributed by atoms with Crippen molar-refractivity contribution in [2.75, 3.05) is 13.7 Å². The van der Waals surface area contributed by atoms with Crippen LogP contribution in [0.15, 0.2) is 30.2 Å². The molecule has 1 aliphatic heterocycles. The third-order valence-corrected chi connectivity index (χ3v) is 2.89. The first-order chi connectivity index (χ1) is 7.86. The van der Waals surface area contributed by atoms with Gasteiger partial charge in [0, 0.05) is 12.6 Å². The predicted molar refractivity (Wildman–Crippen MR) is 64.1 cm³/mol. The third-order valence-electron chi connectivity index (χ3n) is 2.89. The number of rotatable bonds is 4. The molecule has 0 radical (unpaired) electrons. The van der Waals surface area contributed by atoms with Crippen LogP contribution in [0.2, 0.25) is 0 Å². The van der Waals surface area contributed by atoms with Crippen LogP contribution < -0.4 is 5.32 Å². The van der Waals surface area contributed by atoms with E-state index in [-0.39, 0.29) is 6.04 Å². The van der Waals surface area contributed by atoms with E-state index < -0.39 is 0 Å². The van der Waals surface area contributed by atoms with Crippen molar-refractivity contribution >= 4 is 0 Å². The van der Waals surface area contributed by atoms with Crippen molar-refractivity contribution in [1.82, 2.24) is 10.3 Å². The third kappa shape index (κ3) is 2.09. The summed E-state index contributed by atoms with van der Waals surface area (Å²) in [6, 6.07) is 4.21. The molecule has 0 saturated heterocycles. The number of likely N-dealkylation sites (N-methyl/N-ethyl adjacent to an activating group) is 1. The highest BCUT2D eigenvalue weighted by Crippen LogP contribution is 2.27. The highest BCUT2D eigenvalue weighted by Gasteiger charge is 2.22. The molecule has 16 heavy (non-hydrogen) atoms. The number of hydrogen-bond donors (Lipinski definition) is 1. The fourth-order valence-corrected chi connectivity index (χ4v) is 2.06. The zero-order chi connectivity index (χ0) is 11.4. The Balaban J connectivity index is 2.32. The Labute approximate surface area is 96.5 Å². The second-order valence-electron chi connectivity index (χ2n) is 3.87. The van der Waals surface area contributed by atoms with Crippen LogP contribution in [0.4, 0.5) is 0 Å². The number of aryl methyl sites for hydroxylation is 1. The summed E-state index contributed by atoms with van der Waals surface area (Å²) in [6.07, 6.45) is 5.99. The van der Waals surface area contributed by atoms with Gasteiger partial charge >= 0.3 is 0 Å². The molecule has 1 atom stereocenters. The van der Waals surface area contributed by atoms with Gasteiger partial charge in [-0.1, -0.05) is 13.0 Å². The van der Waals surface area contributed by atoms with Crippen molar-refractivity contribution in [3.05, 3.63) is 41.4 Å². The number of aromatic nitrogens is 1. The Bertz CT molecular complexity index is 387. The van der Waals surface area contributed by atoms with Crippen molar-refractivity contribution in [3.63, 3.8) is 0 Å². The topological polar surface area (TPSA) is 34.2 Å². The molecule has 1 unspecified atom stereocenters. The standard InChI is InChI=1S/C13H18N2O/c1-3-10-6-4-8-15-12(10)13(14-2)11-7-5-9-16-11/h4,6-8,13-14H,3,5,9H2,1-2H3. The van der Waals surface area contributed by atoms with Crippen LogP contribution in [0.3, 0.4) is 0 Å². The Morgan fingerprint density at radius 3 is 3.06 bits per heavy atom. The maximum Gasteiger partial charge on any atom is 0.115 e. The Morgan fingerprint density at radius 1 is 1.56 bits per heavy atom. The van der Waals surface area contributed by atoms with Crippen LogP contribution in [0, 0.1) is 0 Å². The van der Waals surface area contributed by atoms with Gasteiger partial charge in [-0.2, -0.15) is 0 Å². The molecule has 1 aromatic heterocycles. The minimum absolute atomic E-state index is 0.0960. The summed E-state index contributed by atoms with van der Waals surface area (Å²) in [7, 11) is 1.95. The minimum Gasteiger partial charge on any atom is -0.496 e. The van der Waals surface area contributed by atoms with Gasteiger partial charge < -0.3 is 10.1 Å². The molecule has 86 valence electrons. The van der Waals surface area contributed by atoms with E-state index in [4.69, 9.17) is 4.74 Å². The average Bonchev–Trinajstić information content (AvgIpc) is 2.84. The molecule has 0 saturated carbocycles. The van der Waals surface area contributed by atoms with E-state index >= 15 is 0 Å².